The predicted octanol–water partition coefficient (Wildman–Crippen LogP) is 3.97. The molecule has 2 aromatic rings. The van der Waals surface area contributed by atoms with Gasteiger partial charge in [0, 0.05) is 5.56 Å². The molecule has 0 radical (unpaired) electrons. The maximum atomic E-state index is 11.9. The Morgan fingerprint density at radius 3 is 2.36 bits per heavy atom. The number of benzene rings is 1. The molecule has 0 saturated carbocycles. The molecule has 0 saturated heterocycles. The number of rotatable bonds is 5. The zero-order valence-corrected chi connectivity index (χ0v) is 14.6. The van der Waals surface area contributed by atoms with E-state index in [0.717, 1.165) is 16.7 Å². The largest absolute Gasteiger partial charge is 0.496 e. The van der Waals surface area contributed by atoms with E-state index in [1.165, 1.54) is 7.11 Å². The highest BCUT2D eigenvalue weighted by molar-refractivity contribution is 5.62. The Morgan fingerprint density at radius 2 is 1.80 bits per heavy atom. The summed E-state index contributed by atoms with van der Waals surface area (Å²) in [6.45, 7) is 5.41. The second kappa shape index (κ2) is 7.83. The van der Waals surface area contributed by atoms with Crippen LogP contribution >= 0.6 is 0 Å². The molecule has 2 N–H and O–H groups in total. The molecule has 0 spiro atoms. The van der Waals surface area contributed by atoms with E-state index in [-0.39, 0.29) is 10.9 Å². The molecule has 0 aliphatic rings. The van der Waals surface area contributed by atoms with Crippen molar-refractivity contribution in [1.29, 1.82) is 0 Å². The van der Waals surface area contributed by atoms with Crippen LogP contribution in [0.15, 0.2) is 45.1 Å². The lowest BCUT2D eigenvalue weighted by atomic mass is 10.1. The predicted molar refractivity (Wildman–Crippen MR) is 96.2 cm³/mol. The van der Waals surface area contributed by atoms with Crippen molar-refractivity contribution in [3.05, 3.63) is 68.8 Å². The highest BCUT2D eigenvalue weighted by Gasteiger charge is 2.12. The lowest BCUT2D eigenvalue weighted by molar-refractivity contribution is 0.0291. The Hall–Kier alpha value is -2.83. The van der Waals surface area contributed by atoms with Gasteiger partial charge in [0.1, 0.15) is 11.5 Å². The van der Waals surface area contributed by atoms with Gasteiger partial charge in [-0.1, -0.05) is 29.9 Å². The van der Waals surface area contributed by atoms with Crippen molar-refractivity contribution in [2.75, 3.05) is 12.3 Å². The lowest BCUT2D eigenvalue weighted by Crippen LogP contribution is -2.10. The molecule has 25 heavy (non-hydrogen) atoms. The monoisotopic (exact) mass is 343 g/mol. The lowest BCUT2D eigenvalue weighted by Gasteiger charge is -2.09. The minimum absolute atomic E-state index is 0.0653. The van der Waals surface area contributed by atoms with Crippen LogP contribution in [0.4, 0.5) is 5.69 Å². The zero-order chi connectivity index (χ0) is 18.6. The minimum atomic E-state index is -0.420. The molecule has 1 aromatic heterocycles. The van der Waals surface area contributed by atoms with Gasteiger partial charge in [-0.05, 0) is 44.5 Å². The van der Waals surface area contributed by atoms with Crippen LogP contribution in [-0.2, 0) is 0 Å². The third kappa shape index (κ3) is 4.37. The van der Waals surface area contributed by atoms with Crippen molar-refractivity contribution < 1.29 is 19.6 Å². The highest BCUT2D eigenvalue weighted by atomic mass is 16.8. The number of methoxy groups -OCH3 is 1. The van der Waals surface area contributed by atoms with Crippen LogP contribution < -0.4 is 15.6 Å². The van der Waals surface area contributed by atoms with Crippen LogP contribution in [0, 0.1) is 13.8 Å². The number of allylic oxidation sites excluding steroid dienone is 2. The first-order chi connectivity index (χ1) is 11.8. The fourth-order valence-electron chi connectivity index (χ4n) is 2.43. The highest BCUT2D eigenvalue weighted by Crippen LogP contribution is 2.24. The summed E-state index contributed by atoms with van der Waals surface area (Å²) in [6, 6.07) is 6.67. The first-order valence-corrected chi connectivity index (χ1v) is 7.66. The number of anilines is 1. The van der Waals surface area contributed by atoms with E-state index in [4.69, 9.17) is 19.6 Å². The first-order valence-electron chi connectivity index (χ1n) is 7.66. The van der Waals surface area contributed by atoms with Crippen LogP contribution in [0.25, 0.3) is 12.2 Å². The molecule has 0 bridgehead atoms. The number of nitrogens with zero attached hydrogens (tertiary/aromatic N) is 1. The van der Waals surface area contributed by atoms with Crippen molar-refractivity contribution in [2.45, 2.75) is 20.8 Å². The fraction of sp³-hybridized carbons (Fsp3) is 0.211. The molecular weight excluding hydrogens is 322 g/mol. The normalized spacial score (nSPS) is 11.8. The van der Waals surface area contributed by atoms with E-state index in [9.17, 15) is 4.79 Å². The Labute approximate surface area is 145 Å². The average Bonchev–Trinajstić information content (AvgIpc) is 2.58. The SMILES string of the molecule is COc1c(C)c(C=CC(C)=Cc2ccc(N(O)O)cc2)oc(=O)c1C. The third-order valence-electron chi connectivity index (χ3n) is 3.78. The van der Waals surface area contributed by atoms with Gasteiger partial charge in [-0.3, -0.25) is 10.4 Å². The van der Waals surface area contributed by atoms with Crippen molar-refractivity contribution >= 4 is 17.8 Å². The maximum Gasteiger partial charge on any atom is 0.342 e. The standard InChI is InChI=1S/C19H21NO5/c1-12(11-15-6-8-16(9-7-15)20(22)23)5-10-17-13(2)18(24-4)14(3)19(21)25-17/h5-11,22-23H,1-4H3. The molecule has 132 valence electrons. The van der Waals surface area contributed by atoms with Crippen molar-refractivity contribution in [2.24, 2.45) is 0 Å². The zero-order valence-electron chi connectivity index (χ0n) is 14.6. The van der Waals surface area contributed by atoms with Gasteiger partial charge in [-0.2, -0.15) is 0 Å². The Morgan fingerprint density at radius 1 is 1.16 bits per heavy atom. The molecule has 0 aliphatic carbocycles. The summed E-state index contributed by atoms with van der Waals surface area (Å²) in [7, 11) is 1.52. The molecule has 0 atom stereocenters. The summed E-state index contributed by atoms with van der Waals surface area (Å²) in [6.07, 6.45) is 5.47. The fourth-order valence-corrected chi connectivity index (χ4v) is 2.43. The van der Waals surface area contributed by atoms with Gasteiger partial charge >= 0.3 is 5.63 Å². The van der Waals surface area contributed by atoms with Crippen LogP contribution in [0.3, 0.4) is 0 Å². The quantitative estimate of drug-likeness (QED) is 0.631. The van der Waals surface area contributed by atoms with Crippen LogP contribution in [-0.4, -0.2) is 17.5 Å². The second-order valence-corrected chi connectivity index (χ2v) is 5.64. The molecule has 0 aliphatic heterocycles. The number of ether oxygens (including phenoxy) is 1. The van der Waals surface area contributed by atoms with Gasteiger partial charge in [0.15, 0.2) is 0 Å². The molecule has 1 heterocycles. The van der Waals surface area contributed by atoms with Gasteiger partial charge < -0.3 is 9.15 Å². The smallest absolute Gasteiger partial charge is 0.342 e. The summed E-state index contributed by atoms with van der Waals surface area (Å²) in [5.41, 5.74) is 2.89. The third-order valence-corrected chi connectivity index (χ3v) is 3.78. The van der Waals surface area contributed by atoms with Gasteiger partial charge in [-0.15, -0.1) is 5.23 Å². The summed E-state index contributed by atoms with van der Waals surface area (Å²) in [5.74, 6) is 0.984. The van der Waals surface area contributed by atoms with Crippen molar-refractivity contribution in [3.8, 4) is 5.75 Å². The van der Waals surface area contributed by atoms with Crippen LogP contribution in [0.5, 0.6) is 5.75 Å². The van der Waals surface area contributed by atoms with Gasteiger partial charge in [0.05, 0.1) is 18.4 Å². The summed E-state index contributed by atoms with van der Waals surface area (Å²) in [4.78, 5) is 11.9. The maximum absolute atomic E-state index is 11.9. The Bertz CT molecular complexity index is 861. The number of hydrogen-bond acceptors (Lipinski definition) is 6. The van der Waals surface area contributed by atoms with E-state index in [1.54, 1.807) is 37.3 Å². The van der Waals surface area contributed by atoms with Gasteiger partial charge in [-0.25, -0.2) is 4.79 Å². The molecule has 0 unspecified atom stereocenters. The molecule has 6 nitrogen and oxygen atoms in total. The van der Waals surface area contributed by atoms with Gasteiger partial charge in [0.2, 0.25) is 0 Å². The van der Waals surface area contributed by atoms with Crippen LogP contribution in [0.1, 0.15) is 29.4 Å². The van der Waals surface area contributed by atoms with Crippen molar-refractivity contribution in [1.82, 2.24) is 0 Å². The number of hydrogen-bond donors (Lipinski definition) is 2. The van der Waals surface area contributed by atoms with Crippen LogP contribution in [0.2, 0.25) is 0 Å². The molecule has 2 rings (SSSR count). The minimum Gasteiger partial charge on any atom is -0.496 e. The topological polar surface area (TPSA) is 83.1 Å². The van der Waals surface area contributed by atoms with Crippen molar-refractivity contribution in [3.63, 3.8) is 0 Å². The average molecular weight is 343 g/mol. The second-order valence-electron chi connectivity index (χ2n) is 5.64. The van der Waals surface area contributed by atoms with E-state index in [1.807, 2.05) is 26.0 Å². The molecule has 1 aromatic carbocycles. The Kier molecular flexibility index (Phi) is 5.80. The van der Waals surface area contributed by atoms with Gasteiger partial charge in [0.25, 0.3) is 0 Å². The van der Waals surface area contributed by atoms with E-state index >= 15 is 0 Å². The molecule has 6 heteroatoms. The molecule has 0 fully saturated rings. The van der Waals surface area contributed by atoms with E-state index in [2.05, 4.69) is 0 Å². The Balaban J connectivity index is 2.26. The first kappa shape index (κ1) is 18.5. The summed E-state index contributed by atoms with van der Waals surface area (Å²) < 4.78 is 10.6. The summed E-state index contributed by atoms with van der Waals surface area (Å²) >= 11 is 0. The molecule has 0 amide bonds. The van der Waals surface area contributed by atoms with E-state index in [0.29, 0.717) is 17.1 Å². The molecular formula is C19H21NO5. The summed E-state index contributed by atoms with van der Waals surface area (Å²) in [5, 5.41) is 17.9. The van der Waals surface area contributed by atoms with E-state index < -0.39 is 5.63 Å².